The summed E-state index contributed by atoms with van der Waals surface area (Å²) in [6.45, 7) is 5.02. The largest absolute Gasteiger partial charge is 0.356 e. The predicted molar refractivity (Wildman–Crippen MR) is 88.1 cm³/mol. The summed E-state index contributed by atoms with van der Waals surface area (Å²) in [6.07, 6.45) is 3.13. The lowest BCUT2D eigenvalue weighted by atomic mass is 10.0. The van der Waals surface area contributed by atoms with E-state index in [-0.39, 0.29) is 17.2 Å². The number of nitrogens with one attached hydrogen (secondary N) is 2. The lowest BCUT2D eigenvalue weighted by Crippen LogP contribution is -2.38. The highest BCUT2D eigenvalue weighted by atomic mass is 16.2. The van der Waals surface area contributed by atoms with Crippen LogP contribution in [0.4, 0.5) is 5.82 Å². The van der Waals surface area contributed by atoms with E-state index in [9.17, 15) is 9.59 Å². The molecule has 2 aliphatic rings. The number of aryl methyl sites for hydroxylation is 1. The van der Waals surface area contributed by atoms with E-state index in [4.69, 9.17) is 0 Å². The van der Waals surface area contributed by atoms with Gasteiger partial charge in [0.2, 0.25) is 0 Å². The van der Waals surface area contributed by atoms with Crippen LogP contribution in [0, 0.1) is 6.92 Å². The molecule has 0 spiro atoms. The third kappa shape index (κ3) is 2.57. The SMILES string of the molecule is Cc1nc2c(c(N3CCCC3)n1)CCN(C(=O)c1cc(=O)[nH][nH]1)C2. The number of H-pyrrole nitrogens is 2. The number of rotatable bonds is 2. The number of anilines is 1. The molecule has 0 unspecified atom stereocenters. The molecule has 0 atom stereocenters. The van der Waals surface area contributed by atoms with Crippen LogP contribution in [0.2, 0.25) is 0 Å². The van der Waals surface area contributed by atoms with Crippen molar-refractivity contribution < 1.29 is 4.79 Å². The minimum atomic E-state index is -0.301. The van der Waals surface area contributed by atoms with Crippen molar-refractivity contribution in [2.45, 2.75) is 32.7 Å². The van der Waals surface area contributed by atoms with Crippen molar-refractivity contribution in [1.82, 2.24) is 25.1 Å². The molecule has 0 bridgehead atoms. The Hall–Kier alpha value is -2.64. The first-order chi connectivity index (χ1) is 11.6. The molecule has 0 aromatic carbocycles. The summed E-state index contributed by atoms with van der Waals surface area (Å²) < 4.78 is 0. The fourth-order valence-electron chi connectivity index (χ4n) is 3.51. The van der Waals surface area contributed by atoms with Crippen LogP contribution < -0.4 is 10.5 Å². The van der Waals surface area contributed by atoms with E-state index in [1.165, 1.54) is 18.9 Å². The van der Waals surface area contributed by atoms with Gasteiger partial charge in [-0.25, -0.2) is 9.97 Å². The van der Waals surface area contributed by atoms with E-state index in [0.29, 0.717) is 13.1 Å². The third-order valence-corrected chi connectivity index (χ3v) is 4.67. The minimum absolute atomic E-state index is 0.182. The second-order valence-corrected chi connectivity index (χ2v) is 6.36. The molecule has 0 saturated carbocycles. The van der Waals surface area contributed by atoms with Gasteiger partial charge in [-0.15, -0.1) is 0 Å². The normalized spacial score (nSPS) is 17.2. The van der Waals surface area contributed by atoms with Gasteiger partial charge in [0.1, 0.15) is 17.3 Å². The van der Waals surface area contributed by atoms with Crippen LogP contribution in [-0.4, -0.2) is 50.6 Å². The van der Waals surface area contributed by atoms with Gasteiger partial charge < -0.3 is 9.80 Å². The van der Waals surface area contributed by atoms with Crippen molar-refractivity contribution >= 4 is 11.7 Å². The molecule has 0 radical (unpaired) electrons. The van der Waals surface area contributed by atoms with Gasteiger partial charge in [-0.2, -0.15) is 0 Å². The topological polar surface area (TPSA) is 98.0 Å². The number of carbonyl (C=O) groups excluding carboxylic acids is 1. The Bertz CT molecular complexity index is 833. The van der Waals surface area contributed by atoms with Crippen LogP contribution in [0.3, 0.4) is 0 Å². The zero-order valence-corrected chi connectivity index (χ0v) is 13.6. The predicted octanol–water partition coefficient (Wildman–Crippen LogP) is 0.600. The van der Waals surface area contributed by atoms with Crippen LogP contribution in [-0.2, 0) is 13.0 Å². The van der Waals surface area contributed by atoms with Gasteiger partial charge in [0.25, 0.3) is 11.5 Å². The summed E-state index contributed by atoms with van der Waals surface area (Å²) in [5.41, 5.74) is 2.07. The van der Waals surface area contributed by atoms with Crippen LogP contribution in [0.25, 0.3) is 0 Å². The van der Waals surface area contributed by atoms with Crippen molar-refractivity contribution in [3.8, 4) is 0 Å². The van der Waals surface area contributed by atoms with Crippen molar-refractivity contribution in [1.29, 1.82) is 0 Å². The first kappa shape index (κ1) is 14.9. The third-order valence-electron chi connectivity index (χ3n) is 4.67. The maximum atomic E-state index is 12.5. The van der Waals surface area contributed by atoms with Gasteiger partial charge >= 0.3 is 0 Å². The number of carbonyl (C=O) groups is 1. The second-order valence-electron chi connectivity index (χ2n) is 6.36. The molecule has 8 nitrogen and oxygen atoms in total. The molecule has 126 valence electrons. The Balaban J connectivity index is 1.63. The standard InChI is InChI=1S/C16H20N6O2/c1-10-17-13-9-22(16(24)12-8-14(23)20-19-12)7-4-11(13)15(18-10)21-5-2-3-6-21/h8H,2-7,9H2,1H3,(H2,19,20,23). The first-order valence-electron chi connectivity index (χ1n) is 8.30. The van der Waals surface area contributed by atoms with Gasteiger partial charge in [-0.3, -0.25) is 19.8 Å². The molecule has 2 N–H and O–H groups in total. The molecule has 8 heteroatoms. The van der Waals surface area contributed by atoms with Crippen molar-refractivity contribution in [3.05, 3.63) is 39.2 Å². The van der Waals surface area contributed by atoms with Crippen LogP contribution in [0.1, 0.15) is 40.4 Å². The molecular formula is C16H20N6O2. The second kappa shape index (κ2) is 5.77. The molecule has 4 heterocycles. The number of fused-ring (bicyclic) bond motifs is 1. The molecule has 1 saturated heterocycles. The minimum Gasteiger partial charge on any atom is -0.356 e. The maximum Gasteiger partial charge on any atom is 0.272 e. The molecule has 2 aliphatic heterocycles. The number of aromatic amines is 2. The van der Waals surface area contributed by atoms with Gasteiger partial charge in [0, 0.05) is 31.3 Å². The van der Waals surface area contributed by atoms with E-state index >= 15 is 0 Å². The quantitative estimate of drug-likeness (QED) is 0.841. The van der Waals surface area contributed by atoms with E-state index < -0.39 is 0 Å². The lowest BCUT2D eigenvalue weighted by molar-refractivity contribution is 0.0725. The van der Waals surface area contributed by atoms with Crippen LogP contribution >= 0.6 is 0 Å². The Kier molecular flexibility index (Phi) is 3.59. The zero-order chi connectivity index (χ0) is 16.7. The number of hydrogen-bond donors (Lipinski definition) is 2. The molecule has 24 heavy (non-hydrogen) atoms. The number of aromatic nitrogens is 4. The highest BCUT2D eigenvalue weighted by molar-refractivity contribution is 5.92. The molecule has 0 aliphatic carbocycles. The van der Waals surface area contributed by atoms with Gasteiger partial charge in [-0.1, -0.05) is 0 Å². The highest BCUT2D eigenvalue weighted by Crippen LogP contribution is 2.29. The van der Waals surface area contributed by atoms with E-state index in [1.54, 1.807) is 4.90 Å². The zero-order valence-electron chi connectivity index (χ0n) is 13.6. The van der Waals surface area contributed by atoms with Crippen molar-refractivity contribution in [2.24, 2.45) is 0 Å². The summed E-state index contributed by atoms with van der Waals surface area (Å²) in [4.78, 5) is 37.0. The summed E-state index contributed by atoms with van der Waals surface area (Å²) in [7, 11) is 0. The number of nitrogens with zero attached hydrogens (tertiary/aromatic N) is 4. The highest BCUT2D eigenvalue weighted by Gasteiger charge is 2.28. The summed E-state index contributed by atoms with van der Waals surface area (Å²) >= 11 is 0. The Morgan fingerprint density at radius 1 is 1.17 bits per heavy atom. The lowest BCUT2D eigenvalue weighted by Gasteiger charge is -2.31. The Morgan fingerprint density at radius 3 is 2.67 bits per heavy atom. The number of amides is 1. The summed E-state index contributed by atoms with van der Waals surface area (Å²) in [6, 6.07) is 1.29. The molecule has 1 amide bonds. The van der Waals surface area contributed by atoms with Crippen molar-refractivity contribution in [2.75, 3.05) is 24.5 Å². The maximum absolute atomic E-state index is 12.5. The van der Waals surface area contributed by atoms with Crippen LogP contribution in [0.5, 0.6) is 0 Å². The Labute approximate surface area is 138 Å². The van der Waals surface area contributed by atoms with Gasteiger partial charge in [0.05, 0.1) is 12.2 Å². The molecule has 4 rings (SSSR count). The average Bonchev–Trinajstić information content (AvgIpc) is 3.24. The Morgan fingerprint density at radius 2 is 1.96 bits per heavy atom. The molecule has 2 aromatic heterocycles. The monoisotopic (exact) mass is 328 g/mol. The molecular weight excluding hydrogens is 308 g/mol. The average molecular weight is 328 g/mol. The van der Waals surface area contributed by atoms with E-state index in [1.807, 2.05) is 6.92 Å². The van der Waals surface area contributed by atoms with E-state index in [0.717, 1.165) is 42.4 Å². The van der Waals surface area contributed by atoms with Gasteiger partial charge in [-0.05, 0) is 26.2 Å². The van der Waals surface area contributed by atoms with Crippen LogP contribution in [0.15, 0.2) is 10.9 Å². The first-order valence-corrected chi connectivity index (χ1v) is 8.30. The fraction of sp³-hybridized carbons (Fsp3) is 0.500. The number of hydrogen-bond acceptors (Lipinski definition) is 5. The summed E-state index contributed by atoms with van der Waals surface area (Å²) in [5, 5.41) is 5.03. The van der Waals surface area contributed by atoms with Crippen molar-refractivity contribution in [3.63, 3.8) is 0 Å². The fourth-order valence-corrected chi connectivity index (χ4v) is 3.51. The molecule has 2 aromatic rings. The van der Waals surface area contributed by atoms with Gasteiger partial charge in [0.15, 0.2) is 0 Å². The van der Waals surface area contributed by atoms with E-state index in [2.05, 4.69) is 25.1 Å². The molecule has 1 fully saturated rings. The summed E-state index contributed by atoms with van der Waals surface area (Å²) in [5.74, 6) is 1.59. The smallest absolute Gasteiger partial charge is 0.272 e.